The first-order valence-corrected chi connectivity index (χ1v) is 9.38. The van der Waals surface area contributed by atoms with Crippen LogP contribution in [0.4, 0.5) is 0 Å². The third kappa shape index (κ3) is 3.44. The second kappa shape index (κ2) is 5.01. The predicted molar refractivity (Wildman–Crippen MR) is 75.9 cm³/mol. The van der Waals surface area contributed by atoms with Crippen LogP contribution in [-0.4, -0.2) is 28.6 Å². The monoisotopic (exact) mass is 365 g/mol. The maximum Gasteiger partial charge on any atom is 0.241 e. The van der Waals surface area contributed by atoms with E-state index < -0.39 is 25.9 Å². The van der Waals surface area contributed by atoms with Crippen molar-refractivity contribution in [1.29, 1.82) is 0 Å². The van der Waals surface area contributed by atoms with Gasteiger partial charge in [-0.05, 0) is 30.7 Å². The number of hydrogen-bond donors (Lipinski definition) is 1. The molecular weight excluding hydrogens is 354 g/mol. The molecule has 0 fully saturated rings. The van der Waals surface area contributed by atoms with Crippen molar-refractivity contribution >= 4 is 35.8 Å². The Morgan fingerprint density at radius 1 is 1.37 bits per heavy atom. The molecule has 0 aliphatic carbocycles. The molecule has 1 N–H and O–H groups in total. The van der Waals surface area contributed by atoms with E-state index in [2.05, 4.69) is 20.7 Å². The zero-order chi connectivity index (χ0) is 14.3. The summed E-state index contributed by atoms with van der Waals surface area (Å²) >= 11 is 3.29. The highest BCUT2D eigenvalue weighted by atomic mass is 79.9. The number of nitrogens with one attached hydrogen (secondary N) is 1. The topological polar surface area (TPSA) is 80.3 Å². The van der Waals surface area contributed by atoms with E-state index in [-0.39, 0.29) is 10.6 Å². The van der Waals surface area contributed by atoms with Gasteiger partial charge in [0.2, 0.25) is 10.0 Å². The van der Waals surface area contributed by atoms with E-state index in [0.717, 1.165) is 15.4 Å². The van der Waals surface area contributed by atoms with Crippen molar-refractivity contribution in [3.8, 4) is 0 Å². The number of benzene rings is 1. The molecule has 0 aromatic heterocycles. The van der Waals surface area contributed by atoms with Gasteiger partial charge < -0.3 is 0 Å². The van der Waals surface area contributed by atoms with Crippen LogP contribution >= 0.6 is 15.9 Å². The van der Waals surface area contributed by atoms with Crippen molar-refractivity contribution in [3.05, 3.63) is 39.7 Å². The molecule has 8 heteroatoms. The van der Waals surface area contributed by atoms with Gasteiger partial charge in [0.15, 0.2) is 9.84 Å². The Kier molecular flexibility index (Phi) is 3.87. The zero-order valence-corrected chi connectivity index (χ0v) is 13.2. The maximum absolute atomic E-state index is 12.1. The van der Waals surface area contributed by atoms with E-state index in [9.17, 15) is 16.8 Å². The van der Waals surface area contributed by atoms with Gasteiger partial charge in [-0.15, -0.1) is 0 Å². The number of halogens is 1. The first-order chi connectivity index (χ1) is 8.70. The molecule has 2 rings (SSSR count). The van der Waals surface area contributed by atoms with Gasteiger partial charge >= 0.3 is 0 Å². The van der Waals surface area contributed by atoms with Crippen LogP contribution in [0.25, 0.3) is 0 Å². The van der Waals surface area contributed by atoms with E-state index >= 15 is 0 Å². The molecule has 19 heavy (non-hydrogen) atoms. The average molecular weight is 366 g/mol. The third-order valence-corrected chi connectivity index (χ3v) is 6.45. The minimum Gasteiger partial charge on any atom is -0.224 e. The maximum atomic E-state index is 12.1. The largest absolute Gasteiger partial charge is 0.241 e. The molecule has 1 aliphatic heterocycles. The van der Waals surface area contributed by atoms with Crippen LogP contribution in [-0.2, 0) is 19.9 Å². The molecule has 0 bridgehead atoms. The van der Waals surface area contributed by atoms with Gasteiger partial charge in [0, 0.05) is 9.88 Å². The van der Waals surface area contributed by atoms with Crippen molar-refractivity contribution in [2.24, 2.45) is 0 Å². The van der Waals surface area contributed by atoms with Crippen molar-refractivity contribution in [1.82, 2.24) is 4.72 Å². The Morgan fingerprint density at radius 2 is 2.05 bits per heavy atom. The molecule has 1 heterocycles. The van der Waals surface area contributed by atoms with Crippen molar-refractivity contribution in [2.45, 2.75) is 17.9 Å². The summed E-state index contributed by atoms with van der Waals surface area (Å²) in [6.45, 7) is 1.78. The highest BCUT2D eigenvalue weighted by Gasteiger charge is 2.26. The Bertz CT molecular complexity index is 738. The van der Waals surface area contributed by atoms with Crippen LogP contribution in [0, 0.1) is 6.92 Å². The molecular formula is C11H12BrNO4S2. The van der Waals surface area contributed by atoms with Gasteiger partial charge in [-0.25, -0.2) is 21.6 Å². The van der Waals surface area contributed by atoms with Gasteiger partial charge in [0.05, 0.1) is 16.7 Å². The van der Waals surface area contributed by atoms with E-state index in [4.69, 9.17) is 0 Å². The van der Waals surface area contributed by atoms with E-state index in [0.29, 0.717) is 0 Å². The summed E-state index contributed by atoms with van der Waals surface area (Å²) in [5, 5.41) is 1.03. The SMILES string of the molecule is Cc1cc(S(=O)(=O)NC2C=CS(=O)(=O)C2)ccc1Br. The number of sulfone groups is 1. The van der Waals surface area contributed by atoms with E-state index in [1.165, 1.54) is 18.2 Å². The first kappa shape index (κ1) is 14.7. The average Bonchev–Trinajstić information content (AvgIpc) is 2.61. The Morgan fingerprint density at radius 3 is 2.58 bits per heavy atom. The van der Waals surface area contributed by atoms with Gasteiger partial charge in [-0.1, -0.05) is 22.0 Å². The summed E-state index contributed by atoms with van der Waals surface area (Å²) in [5.74, 6) is -0.234. The lowest BCUT2D eigenvalue weighted by atomic mass is 10.2. The summed E-state index contributed by atoms with van der Waals surface area (Å²) in [6, 6.07) is 3.93. The molecule has 0 spiro atoms. The smallest absolute Gasteiger partial charge is 0.224 e. The van der Waals surface area contributed by atoms with E-state index in [1.807, 2.05) is 0 Å². The quantitative estimate of drug-likeness (QED) is 0.876. The molecule has 104 valence electrons. The Balaban J connectivity index is 2.24. The standard InChI is InChI=1S/C11H12BrNO4S2/c1-8-6-10(2-3-11(8)12)19(16,17)13-9-4-5-18(14,15)7-9/h2-6,9,13H,7H2,1H3. The van der Waals surface area contributed by atoms with Crippen molar-refractivity contribution < 1.29 is 16.8 Å². The lowest BCUT2D eigenvalue weighted by Gasteiger charge is -2.11. The minimum absolute atomic E-state index is 0.117. The fourth-order valence-electron chi connectivity index (χ4n) is 1.70. The molecule has 0 saturated heterocycles. The van der Waals surface area contributed by atoms with Crippen LogP contribution in [0.1, 0.15) is 5.56 Å². The van der Waals surface area contributed by atoms with Crippen molar-refractivity contribution in [2.75, 3.05) is 5.75 Å². The van der Waals surface area contributed by atoms with Gasteiger partial charge in [0.25, 0.3) is 0 Å². The fourth-order valence-corrected chi connectivity index (χ4v) is 4.56. The number of rotatable bonds is 3. The summed E-state index contributed by atoms with van der Waals surface area (Å²) in [6.07, 6.45) is 1.35. The normalized spacial score (nSPS) is 21.7. The zero-order valence-electron chi connectivity index (χ0n) is 10.00. The predicted octanol–water partition coefficient (Wildman–Crippen LogP) is 1.35. The Labute approximate surface area is 120 Å². The van der Waals surface area contributed by atoms with Gasteiger partial charge in [0.1, 0.15) is 0 Å². The highest BCUT2D eigenvalue weighted by Crippen LogP contribution is 2.20. The molecule has 0 radical (unpaired) electrons. The molecule has 5 nitrogen and oxygen atoms in total. The lowest BCUT2D eigenvalue weighted by Crippen LogP contribution is -2.35. The van der Waals surface area contributed by atoms with Crippen LogP contribution < -0.4 is 4.72 Å². The highest BCUT2D eigenvalue weighted by molar-refractivity contribution is 9.10. The van der Waals surface area contributed by atoms with E-state index in [1.54, 1.807) is 13.0 Å². The molecule has 0 amide bonds. The lowest BCUT2D eigenvalue weighted by molar-refractivity contribution is 0.574. The molecule has 0 saturated carbocycles. The molecule has 1 unspecified atom stereocenters. The molecule has 1 aliphatic rings. The number of sulfonamides is 1. The van der Waals surface area contributed by atoms with Gasteiger partial charge in [-0.2, -0.15) is 0 Å². The first-order valence-electron chi connectivity index (χ1n) is 5.39. The summed E-state index contributed by atoms with van der Waals surface area (Å²) in [7, 11) is -7.00. The second-order valence-electron chi connectivity index (χ2n) is 4.30. The molecule has 1 aromatic rings. The fraction of sp³-hybridized carbons (Fsp3) is 0.273. The summed E-state index contributed by atoms with van der Waals surface area (Å²) in [4.78, 5) is 0.117. The van der Waals surface area contributed by atoms with Crippen LogP contribution in [0.5, 0.6) is 0 Å². The van der Waals surface area contributed by atoms with Gasteiger partial charge in [-0.3, -0.25) is 0 Å². The molecule has 1 aromatic carbocycles. The number of aryl methyl sites for hydroxylation is 1. The number of hydrogen-bond acceptors (Lipinski definition) is 4. The summed E-state index contributed by atoms with van der Waals surface area (Å²) in [5.41, 5.74) is 0.789. The molecule has 1 atom stereocenters. The summed E-state index contributed by atoms with van der Waals surface area (Å²) < 4.78 is 49.9. The third-order valence-electron chi connectivity index (χ3n) is 2.68. The van der Waals surface area contributed by atoms with Crippen LogP contribution in [0.2, 0.25) is 0 Å². The minimum atomic E-state index is -3.72. The Hall–Kier alpha value is -0.700. The van der Waals surface area contributed by atoms with Crippen LogP contribution in [0.15, 0.2) is 39.1 Å². The second-order valence-corrected chi connectivity index (χ2v) is 8.80. The van der Waals surface area contributed by atoms with Crippen LogP contribution in [0.3, 0.4) is 0 Å². The van der Waals surface area contributed by atoms with Crippen molar-refractivity contribution in [3.63, 3.8) is 0 Å².